The Balaban J connectivity index is 1.58. The number of piperazine rings is 1. The molecule has 0 saturated carbocycles. The maximum absolute atomic E-state index is 5.66. The van der Waals surface area contributed by atoms with Crippen LogP contribution in [0.1, 0.15) is 5.56 Å². The van der Waals surface area contributed by atoms with Crippen LogP contribution in [0.15, 0.2) is 30.3 Å². The molecule has 0 aromatic heterocycles. The maximum Gasteiger partial charge on any atom is 0.0717 e. The van der Waals surface area contributed by atoms with Crippen LogP contribution in [-0.4, -0.2) is 44.2 Å². The molecular formula is C13H20N2O. The molecule has 1 aliphatic heterocycles. The predicted molar refractivity (Wildman–Crippen MR) is 65.4 cm³/mol. The average molecular weight is 220 g/mol. The van der Waals surface area contributed by atoms with E-state index < -0.39 is 0 Å². The molecule has 1 saturated heterocycles. The Morgan fingerprint density at radius 1 is 1.12 bits per heavy atom. The molecule has 1 fully saturated rings. The predicted octanol–water partition coefficient (Wildman–Crippen LogP) is 1.11. The Kier molecular flexibility index (Phi) is 4.80. The summed E-state index contributed by atoms with van der Waals surface area (Å²) in [5, 5.41) is 3.35. The first-order valence-corrected chi connectivity index (χ1v) is 6.00. The topological polar surface area (TPSA) is 24.5 Å². The van der Waals surface area contributed by atoms with E-state index in [4.69, 9.17) is 4.74 Å². The summed E-state index contributed by atoms with van der Waals surface area (Å²) in [6, 6.07) is 10.3. The largest absolute Gasteiger partial charge is 0.375 e. The molecule has 1 aromatic carbocycles. The van der Waals surface area contributed by atoms with Gasteiger partial charge < -0.3 is 10.1 Å². The highest BCUT2D eigenvalue weighted by Gasteiger charge is 2.08. The minimum absolute atomic E-state index is 0.729. The van der Waals surface area contributed by atoms with Gasteiger partial charge in [0.05, 0.1) is 13.2 Å². The van der Waals surface area contributed by atoms with Gasteiger partial charge in [-0.15, -0.1) is 0 Å². The fourth-order valence-corrected chi connectivity index (χ4v) is 1.89. The Morgan fingerprint density at radius 2 is 1.88 bits per heavy atom. The minimum Gasteiger partial charge on any atom is -0.375 e. The van der Waals surface area contributed by atoms with Crippen LogP contribution in [-0.2, 0) is 11.3 Å². The second kappa shape index (κ2) is 6.63. The van der Waals surface area contributed by atoms with Crippen LogP contribution in [0, 0.1) is 0 Å². The maximum atomic E-state index is 5.66. The summed E-state index contributed by atoms with van der Waals surface area (Å²) in [4.78, 5) is 2.45. The van der Waals surface area contributed by atoms with E-state index in [0.29, 0.717) is 0 Å². The van der Waals surface area contributed by atoms with Gasteiger partial charge in [0, 0.05) is 32.7 Å². The fourth-order valence-electron chi connectivity index (χ4n) is 1.89. The normalized spacial score (nSPS) is 17.5. The van der Waals surface area contributed by atoms with E-state index in [1.807, 2.05) is 6.07 Å². The Hall–Kier alpha value is -0.900. The number of nitrogens with zero attached hydrogens (tertiary/aromatic N) is 1. The van der Waals surface area contributed by atoms with E-state index in [1.165, 1.54) is 5.56 Å². The number of benzene rings is 1. The first kappa shape index (κ1) is 11.6. The first-order valence-electron chi connectivity index (χ1n) is 6.00. The van der Waals surface area contributed by atoms with Crippen molar-refractivity contribution in [3.63, 3.8) is 0 Å². The molecule has 0 amide bonds. The van der Waals surface area contributed by atoms with Crippen molar-refractivity contribution in [3.05, 3.63) is 35.9 Å². The van der Waals surface area contributed by atoms with E-state index in [1.54, 1.807) is 0 Å². The Morgan fingerprint density at radius 3 is 2.62 bits per heavy atom. The highest BCUT2D eigenvalue weighted by atomic mass is 16.5. The Labute approximate surface area is 97.4 Å². The summed E-state index contributed by atoms with van der Waals surface area (Å²) in [6.07, 6.45) is 0. The summed E-state index contributed by atoms with van der Waals surface area (Å²) in [6.45, 7) is 7.12. The van der Waals surface area contributed by atoms with Gasteiger partial charge in [0.25, 0.3) is 0 Å². The lowest BCUT2D eigenvalue weighted by atomic mass is 10.2. The molecule has 1 aliphatic rings. The van der Waals surface area contributed by atoms with Crippen molar-refractivity contribution < 1.29 is 4.74 Å². The second-order valence-electron chi connectivity index (χ2n) is 4.13. The summed E-state index contributed by atoms with van der Waals surface area (Å²) >= 11 is 0. The molecule has 3 heteroatoms. The van der Waals surface area contributed by atoms with Gasteiger partial charge in [-0.3, -0.25) is 4.90 Å². The quantitative estimate of drug-likeness (QED) is 0.752. The van der Waals surface area contributed by atoms with Gasteiger partial charge in [-0.05, 0) is 5.56 Å². The lowest BCUT2D eigenvalue weighted by Crippen LogP contribution is -2.44. The molecule has 16 heavy (non-hydrogen) atoms. The summed E-state index contributed by atoms with van der Waals surface area (Å²) in [5.41, 5.74) is 1.25. The van der Waals surface area contributed by atoms with Crippen molar-refractivity contribution in [2.24, 2.45) is 0 Å². The summed E-state index contributed by atoms with van der Waals surface area (Å²) in [5.74, 6) is 0. The SMILES string of the molecule is c1ccc(COCCN2CCNCC2)cc1. The van der Waals surface area contributed by atoms with Gasteiger partial charge in [0.15, 0.2) is 0 Å². The molecule has 0 spiro atoms. The fraction of sp³-hybridized carbons (Fsp3) is 0.538. The third-order valence-corrected chi connectivity index (χ3v) is 2.87. The highest BCUT2D eigenvalue weighted by Crippen LogP contribution is 2.00. The van der Waals surface area contributed by atoms with E-state index in [2.05, 4.69) is 34.5 Å². The van der Waals surface area contributed by atoms with Crippen molar-refractivity contribution in [1.29, 1.82) is 0 Å². The molecule has 3 nitrogen and oxygen atoms in total. The standard InChI is InChI=1S/C13H20N2O/c1-2-4-13(5-3-1)12-16-11-10-15-8-6-14-7-9-15/h1-5,14H,6-12H2. The van der Waals surface area contributed by atoms with Gasteiger partial charge in [0.2, 0.25) is 0 Å². The zero-order valence-corrected chi connectivity index (χ0v) is 9.69. The van der Waals surface area contributed by atoms with Crippen molar-refractivity contribution in [2.75, 3.05) is 39.3 Å². The summed E-state index contributed by atoms with van der Waals surface area (Å²) < 4.78 is 5.66. The number of ether oxygens (including phenoxy) is 1. The third-order valence-electron chi connectivity index (χ3n) is 2.87. The van der Waals surface area contributed by atoms with Crippen LogP contribution < -0.4 is 5.32 Å². The van der Waals surface area contributed by atoms with E-state index in [0.717, 1.165) is 45.9 Å². The van der Waals surface area contributed by atoms with Crippen LogP contribution in [0.4, 0.5) is 0 Å². The molecule has 1 aromatic rings. The molecule has 1 heterocycles. The smallest absolute Gasteiger partial charge is 0.0717 e. The van der Waals surface area contributed by atoms with Crippen LogP contribution in [0.2, 0.25) is 0 Å². The van der Waals surface area contributed by atoms with Gasteiger partial charge >= 0.3 is 0 Å². The van der Waals surface area contributed by atoms with Crippen molar-refractivity contribution in [2.45, 2.75) is 6.61 Å². The molecule has 0 unspecified atom stereocenters. The molecule has 88 valence electrons. The molecule has 0 bridgehead atoms. The van der Waals surface area contributed by atoms with Gasteiger partial charge in [-0.1, -0.05) is 30.3 Å². The van der Waals surface area contributed by atoms with Crippen molar-refractivity contribution in [1.82, 2.24) is 10.2 Å². The first-order chi connectivity index (χ1) is 7.95. The van der Waals surface area contributed by atoms with E-state index >= 15 is 0 Å². The third kappa shape index (κ3) is 3.93. The molecular weight excluding hydrogens is 200 g/mol. The molecule has 0 atom stereocenters. The monoisotopic (exact) mass is 220 g/mol. The number of hydrogen-bond donors (Lipinski definition) is 1. The highest BCUT2D eigenvalue weighted by molar-refractivity contribution is 5.13. The lowest BCUT2D eigenvalue weighted by Gasteiger charge is -2.26. The average Bonchev–Trinajstić information content (AvgIpc) is 2.37. The molecule has 0 radical (unpaired) electrons. The van der Waals surface area contributed by atoms with E-state index in [9.17, 15) is 0 Å². The minimum atomic E-state index is 0.729. The van der Waals surface area contributed by atoms with Crippen LogP contribution in [0.3, 0.4) is 0 Å². The number of rotatable bonds is 5. The molecule has 0 aliphatic carbocycles. The van der Waals surface area contributed by atoms with Crippen LogP contribution in [0.25, 0.3) is 0 Å². The van der Waals surface area contributed by atoms with Crippen LogP contribution >= 0.6 is 0 Å². The zero-order chi connectivity index (χ0) is 11.1. The van der Waals surface area contributed by atoms with E-state index in [-0.39, 0.29) is 0 Å². The lowest BCUT2D eigenvalue weighted by molar-refractivity contribution is 0.0886. The Bertz CT molecular complexity index is 283. The molecule has 1 N–H and O–H groups in total. The number of hydrogen-bond acceptors (Lipinski definition) is 3. The molecule has 2 rings (SSSR count). The van der Waals surface area contributed by atoms with Gasteiger partial charge in [-0.25, -0.2) is 0 Å². The van der Waals surface area contributed by atoms with Crippen LogP contribution in [0.5, 0.6) is 0 Å². The van der Waals surface area contributed by atoms with Crippen molar-refractivity contribution in [3.8, 4) is 0 Å². The van der Waals surface area contributed by atoms with Gasteiger partial charge in [0.1, 0.15) is 0 Å². The van der Waals surface area contributed by atoms with Gasteiger partial charge in [-0.2, -0.15) is 0 Å². The second-order valence-corrected chi connectivity index (χ2v) is 4.13. The number of nitrogens with one attached hydrogen (secondary N) is 1. The van der Waals surface area contributed by atoms with Crippen molar-refractivity contribution >= 4 is 0 Å². The zero-order valence-electron chi connectivity index (χ0n) is 9.69. The summed E-state index contributed by atoms with van der Waals surface area (Å²) in [7, 11) is 0.